The van der Waals surface area contributed by atoms with Gasteiger partial charge in [0.25, 0.3) is 0 Å². The maximum atomic E-state index is 13.7. The Morgan fingerprint density at radius 2 is 1.67 bits per heavy atom. The third-order valence-electron chi connectivity index (χ3n) is 6.30. The van der Waals surface area contributed by atoms with Crippen LogP contribution in [0.2, 0.25) is 0 Å². The van der Waals surface area contributed by atoms with E-state index >= 15 is 0 Å². The smallest absolute Gasteiger partial charge is 0.317 e. The summed E-state index contributed by atoms with van der Waals surface area (Å²) >= 11 is 0. The topological polar surface area (TPSA) is 76.1 Å². The van der Waals surface area contributed by atoms with Gasteiger partial charge in [-0.25, -0.2) is 0 Å². The van der Waals surface area contributed by atoms with Gasteiger partial charge in [-0.3, -0.25) is 9.59 Å². The minimum atomic E-state index is -1.43. The number of hydrogen-bond acceptors (Lipinski definition) is 5. The number of aliphatic hydroxyl groups excluding tert-OH is 1. The van der Waals surface area contributed by atoms with Crippen LogP contribution in [0, 0.1) is 11.3 Å². The molecule has 1 saturated heterocycles. The summed E-state index contributed by atoms with van der Waals surface area (Å²) in [6, 6.07) is 19.0. The Kier molecular flexibility index (Phi) is 7.60. The van der Waals surface area contributed by atoms with Gasteiger partial charge in [0.05, 0.1) is 31.3 Å². The van der Waals surface area contributed by atoms with Crippen molar-refractivity contribution in [1.29, 1.82) is 0 Å². The molecule has 4 atom stereocenters. The average molecular weight is 454 g/mol. The van der Waals surface area contributed by atoms with Crippen molar-refractivity contribution >= 4 is 11.9 Å². The third kappa shape index (κ3) is 5.45. The van der Waals surface area contributed by atoms with Gasteiger partial charge in [0.2, 0.25) is 5.91 Å². The molecule has 0 aromatic heterocycles. The minimum Gasteiger partial charge on any atom is -0.459 e. The van der Waals surface area contributed by atoms with E-state index in [9.17, 15) is 14.7 Å². The van der Waals surface area contributed by atoms with Gasteiger partial charge in [0.15, 0.2) is 0 Å². The fourth-order valence-corrected chi connectivity index (χ4v) is 4.39. The van der Waals surface area contributed by atoms with Crippen molar-refractivity contribution in [2.45, 2.75) is 59.0 Å². The Morgan fingerprint density at radius 3 is 2.21 bits per heavy atom. The Bertz CT molecular complexity index is 938. The lowest BCUT2D eigenvalue weighted by Crippen LogP contribution is -2.51. The van der Waals surface area contributed by atoms with Crippen molar-refractivity contribution < 1.29 is 24.2 Å². The highest BCUT2D eigenvalue weighted by Gasteiger charge is 2.62. The predicted molar refractivity (Wildman–Crippen MR) is 126 cm³/mol. The van der Waals surface area contributed by atoms with Gasteiger partial charge < -0.3 is 19.5 Å². The quantitative estimate of drug-likeness (QED) is 0.608. The molecule has 3 rings (SSSR count). The van der Waals surface area contributed by atoms with E-state index in [1.807, 2.05) is 67.6 Å². The van der Waals surface area contributed by atoms with Crippen LogP contribution in [0.15, 0.2) is 60.7 Å². The second-order valence-corrected chi connectivity index (χ2v) is 9.82. The fourth-order valence-electron chi connectivity index (χ4n) is 4.39. The highest BCUT2D eigenvalue weighted by Crippen LogP contribution is 2.45. The second-order valence-electron chi connectivity index (χ2n) is 9.82. The number of ether oxygens (including phenoxy) is 2. The second kappa shape index (κ2) is 10.1. The molecule has 1 aliphatic heterocycles. The molecule has 1 fully saturated rings. The average Bonchev–Trinajstić information content (AvgIpc) is 3.07. The van der Waals surface area contributed by atoms with Gasteiger partial charge in [-0.1, -0.05) is 60.7 Å². The number of aliphatic hydroxyl groups is 1. The summed E-state index contributed by atoms with van der Waals surface area (Å²) < 4.78 is 11.7. The van der Waals surface area contributed by atoms with Gasteiger partial charge in [-0.2, -0.15) is 0 Å². The first-order chi connectivity index (χ1) is 15.6. The predicted octanol–water partition coefficient (Wildman–Crippen LogP) is 4.13. The van der Waals surface area contributed by atoms with E-state index in [-0.39, 0.29) is 25.1 Å². The number of carbonyl (C=O) groups is 2. The van der Waals surface area contributed by atoms with Crippen molar-refractivity contribution in [2.24, 2.45) is 11.3 Å². The van der Waals surface area contributed by atoms with E-state index in [0.717, 1.165) is 11.1 Å². The molecule has 6 heteroatoms. The summed E-state index contributed by atoms with van der Waals surface area (Å²) in [4.78, 5) is 28.9. The van der Waals surface area contributed by atoms with Gasteiger partial charge >= 0.3 is 5.97 Å². The molecule has 1 aliphatic rings. The summed E-state index contributed by atoms with van der Waals surface area (Å²) in [7, 11) is 0. The molecule has 0 radical (unpaired) electrons. The lowest BCUT2D eigenvalue weighted by atomic mass is 9.73. The lowest BCUT2D eigenvalue weighted by Gasteiger charge is -2.36. The maximum absolute atomic E-state index is 13.7. The Labute approximate surface area is 196 Å². The Morgan fingerprint density at radius 1 is 1.09 bits per heavy atom. The summed E-state index contributed by atoms with van der Waals surface area (Å²) in [6.45, 7) is 9.21. The minimum absolute atomic E-state index is 0.00980. The van der Waals surface area contributed by atoms with Gasteiger partial charge in [-0.15, -0.1) is 0 Å². The number of hydrogen-bond donors (Lipinski definition) is 1. The molecule has 33 heavy (non-hydrogen) atoms. The first-order valence-corrected chi connectivity index (χ1v) is 11.4. The molecule has 2 aromatic rings. The van der Waals surface area contributed by atoms with E-state index in [4.69, 9.17) is 9.47 Å². The highest BCUT2D eigenvalue weighted by atomic mass is 16.6. The van der Waals surface area contributed by atoms with Crippen molar-refractivity contribution in [2.75, 3.05) is 13.2 Å². The molecular weight excluding hydrogens is 418 g/mol. The van der Waals surface area contributed by atoms with Crippen molar-refractivity contribution in [1.82, 2.24) is 4.90 Å². The first kappa shape index (κ1) is 24.9. The van der Waals surface area contributed by atoms with E-state index in [0.29, 0.717) is 6.61 Å². The fraction of sp³-hybridized carbons (Fsp3) is 0.481. The molecule has 1 heterocycles. The molecule has 1 amide bonds. The Hall–Kier alpha value is -2.70. The van der Waals surface area contributed by atoms with Crippen LogP contribution >= 0.6 is 0 Å². The van der Waals surface area contributed by atoms with Gasteiger partial charge in [0, 0.05) is 6.54 Å². The number of carbonyl (C=O) groups excluding carboxylic acids is 2. The van der Waals surface area contributed by atoms with Gasteiger partial charge in [0.1, 0.15) is 11.0 Å². The number of benzene rings is 2. The SMILES string of the molecule is CC(O)[C@@]1(C(=O)OC(C)(C)C)CN([C@H](C)c2ccccc2)C(=O)[C@H]1COCc1ccccc1. The van der Waals surface area contributed by atoms with E-state index in [1.54, 1.807) is 32.6 Å². The Balaban J connectivity index is 1.92. The normalized spacial score (nSPS) is 22.8. The summed E-state index contributed by atoms with van der Waals surface area (Å²) in [5, 5.41) is 10.9. The van der Waals surface area contributed by atoms with Crippen LogP contribution in [0.1, 0.15) is 51.8 Å². The molecule has 0 spiro atoms. The van der Waals surface area contributed by atoms with E-state index < -0.39 is 29.0 Å². The number of amides is 1. The molecule has 0 aliphatic carbocycles. The van der Waals surface area contributed by atoms with E-state index in [1.165, 1.54) is 0 Å². The van der Waals surface area contributed by atoms with Crippen LogP contribution in [-0.4, -0.2) is 46.7 Å². The number of nitrogens with zero attached hydrogens (tertiary/aromatic N) is 1. The number of rotatable bonds is 8. The number of likely N-dealkylation sites (tertiary alicyclic amines) is 1. The van der Waals surface area contributed by atoms with Crippen LogP contribution in [-0.2, 0) is 25.7 Å². The summed E-state index contributed by atoms with van der Waals surface area (Å²) in [5.41, 5.74) is -0.252. The third-order valence-corrected chi connectivity index (χ3v) is 6.30. The van der Waals surface area contributed by atoms with Crippen LogP contribution < -0.4 is 0 Å². The molecule has 0 saturated carbocycles. The summed E-state index contributed by atoms with van der Waals surface area (Å²) in [6.07, 6.45) is -1.10. The molecule has 6 nitrogen and oxygen atoms in total. The highest BCUT2D eigenvalue weighted by molar-refractivity contribution is 5.93. The first-order valence-electron chi connectivity index (χ1n) is 11.4. The largest absolute Gasteiger partial charge is 0.459 e. The zero-order valence-corrected chi connectivity index (χ0v) is 20.2. The molecule has 0 bridgehead atoms. The van der Waals surface area contributed by atoms with Crippen LogP contribution in [0.4, 0.5) is 0 Å². The molecule has 2 aromatic carbocycles. The molecule has 178 valence electrons. The molecular formula is C27H35NO5. The molecule has 1 N–H and O–H groups in total. The zero-order valence-electron chi connectivity index (χ0n) is 20.2. The zero-order chi connectivity index (χ0) is 24.2. The molecule has 1 unspecified atom stereocenters. The standard InChI is InChI=1S/C27H35NO5/c1-19(22-14-10-7-11-15-22)28-18-27(20(2)29,25(31)33-26(3,4)5)23(24(28)30)17-32-16-21-12-8-6-9-13-21/h6-15,19-20,23,29H,16-18H2,1-5H3/t19-,20?,23-,27+/m1/s1. The number of esters is 1. The lowest BCUT2D eigenvalue weighted by molar-refractivity contribution is -0.180. The van der Waals surface area contributed by atoms with Crippen molar-refractivity contribution in [3.05, 3.63) is 71.8 Å². The maximum Gasteiger partial charge on any atom is 0.317 e. The van der Waals surface area contributed by atoms with Crippen LogP contribution in [0.5, 0.6) is 0 Å². The van der Waals surface area contributed by atoms with Crippen LogP contribution in [0.3, 0.4) is 0 Å². The van der Waals surface area contributed by atoms with Crippen molar-refractivity contribution in [3.63, 3.8) is 0 Å². The monoisotopic (exact) mass is 453 g/mol. The van der Waals surface area contributed by atoms with E-state index in [2.05, 4.69) is 0 Å². The van der Waals surface area contributed by atoms with Crippen molar-refractivity contribution in [3.8, 4) is 0 Å². The van der Waals surface area contributed by atoms with Gasteiger partial charge in [-0.05, 0) is 45.7 Å². The summed E-state index contributed by atoms with van der Waals surface area (Å²) in [5.74, 6) is -1.65. The van der Waals surface area contributed by atoms with Crippen LogP contribution in [0.25, 0.3) is 0 Å².